The summed E-state index contributed by atoms with van der Waals surface area (Å²) in [5, 5.41) is 2.56. The molecule has 1 amide bonds. The average Bonchev–Trinajstić information content (AvgIpc) is 2.89. The number of fused-ring (bicyclic) bond motifs is 1. The second kappa shape index (κ2) is 19.1. The molecule has 0 N–H and O–H groups in total. The maximum absolute atomic E-state index is 12.4. The minimum absolute atomic E-state index is 0.0613. The number of carbonyl (C=O) groups is 1. The molecule has 0 fully saturated rings. The van der Waals surface area contributed by atoms with Gasteiger partial charge in [0.25, 0.3) is 0 Å². The van der Waals surface area contributed by atoms with E-state index < -0.39 is 0 Å². The first-order chi connectivity index (χ1) is 17.3. The van der Waals surface area contributed by atoms with Gasteiger partial charge in [-0.2, -0.15) is 0 Å². The lowest BCUT2D eigenvalue weighted by molar-refractivity contribution is -0.126. The van der Waals surface area contributed by atoms with E-state index in [0.29, 0.717) is 0 Å². The van der Waals surface area contributed by atoms with Crippen LogP contribution in [-0.4, -0.2) is 23.9 Å². The van der Waals surface area contributed by atoms with Gasteiger partial charge in [-0.05, 0) is 35.3 Å². The van der Waals surface area contributed by atoms with Gasteiger partial charge in [0, 0.05) is 13.1 Å². The molecule has 2 nitrogen and oxygen atoms in total. The molecule has 2 aromatic rings. The molecule has 0 atom stereocenters. The van der Waals surface area contributed by atoms with E-state index in [9.17, 15) is 4.79 Å². The molecule has 2 heteroatoms. The van der Waals surface area contributed by atoms with Crippen molar-refractivity contribution >= 4 is 16.7 Å². The number of unbranched alkanes of at least 4 members (excludes halogenated alkanes) is 15. The second-order valence-electron chi connectivity index (χ2n) is 10.2. The summed E-state index contributed by atoms with van der Waals surface area (Å²) in [5.41, 5.74) is 1.32. The molecule has 194 valence electrons. The molecule has 0 aliphatic rings. The monoisotopic (exact) mass is 477 g/mol. The van der Waals surface area contributed by atoms with E-state index in [4.69, 9.17) is 0 Å². The summed E-state index contributed by atoms with van der Waals surface area (Å²) in [6.07, 6.45) is 24.3. The third-order valence-electron chi connectivity index (χ3n) is 7.30. The molecule has 2 rings (SSSR count). The lowest BCUT2D eigenvalue weighted by atomic mass is 10.0. The van der Waals surface area contributed by atoms with E-state index in [0.717, 1.165) is 25.9 Å². The van der Waals surface area contributed by atoms with E-state index in [1.807, 2.05) is 4.90 Å². The summed E-state index contributed by atoms with van der Waals surface area (Å²) < 4.78 is 0. The van der Waals surface area contributed by atoms with Crippen LogP contribution >= 0.6 is 0 Å². The van der Waals surface area contributed by atoms with Crippen LogP contribution in [0.2, 0.25) is 0 Å². The predicted molar refractivity (Wildman–Crippen MR) is 154 cm³/mol. The summed E-state index contributed by atoms with van der Waals surface area (Å²) in [4.78, 5) is 14.4. The first-order valence-electron chi connectivity index (χ1n) is 14.6. The fourth-order valence-corrected chi connectivity index (χ4v) is 5.08. The zero-order valence-electron chi connectivity index (χ0n) is 22.6. The highest BCUT2D eigenvalue weighted by Crippen LogP contribution is 2.19. The van der Waals surface area contributed by atoms with Crippen molar-refractivity contribution in [3.8, 4) is 0 Å². The van der Waals surface area contributed by atoms with Gasteiger partial charge in [0.1, 0.15) is 0 Å². The largest absolute Gasteiger partial charge is 0.339 e. The third-order valence-corrected chi connectivity index (χ3v) is 7.30. The Hall–Kier alpha value is -2.09. The highest BCUT2D eigenvalue weighted by Gasteiger charge is 2.11. The molecule has 0 saturated heterocycles. The minimum atomic E-state index is 0.0613. The lowest BCUT2D eigenvalue weighted by Crippen LogP contribution is -2.32. The van der Waals surface area contributed by atoms with Crippen LogP contribution < -0.4 is 0 Å². The SMILES string of the molecule is C=CC(=O)N(CCCCCCCCCCCCCCCCCC)CCc1cccc2ccccc12. The molecule has 0 aromatic heterocycles. The fourth-order valence-electron chi connectivity index (χ4n) is 5.08. The summed E-state index contributed by atoms with van der Waals surface area (Å²) in [6, 6.07) is 15.0. The number of rotatable bonds is 21. The molecule has 0 bridgehead atoms. The average molecular weight is 478 g/mol. The van der Waals surface area contributed by atoms with E-state index in [1.54, 1.807) is 0 Å². The van der Waals surface area contributed by atoms with Crippen LogP contribution in [0.25, 0.3) is 10.8 Å². The van der Waals surface area contributed by atoms with Gasteiger partial charge in [0.2, 0.25) is 5.91 Å². The van der Waals surface area contributed by atoms with Crippen molar-refractivity contribution < 1.29 is 4.79 Å². The molecular weight excluding hydrogens is 426 g/mol. The van der Waals surface area contributed by atoms with Crippen molar-refractivity contribution in [2.45, 2.75) is 116 Å². The van der Waals surface area contributed by atoms with Gasteiger partial charge in [-0.15, -0.1) is 0 Å². The topological polar surface area (TPSA) is 20.3 Å². The number of amides is 1. The van der Waals surface area contributed by atoms with Crippen LogP contribution in [-0.2, 0) is 11.2 Å². The Morgan fingerprint density at radius 2 is 1.20 bits per heavy atom. The maximum Gasteiger partial charge on any atom is 0.245 e. The van der Waals surface area contributed by atoms with Crippen molar-refractivity contribution in [1.82, 2.24) is 4.90 Å². The van der Waals surface area contributed by atoms with Gasteiger partial charge in [-0.25, -0.2) is 0 Å². The van der Waals surface area contributed by atoms with Crippen molar-refractivity contribution in [3.05, 3.63) is 60.7 Å². The van der Waals surface area contributed by atoms with Gasteiger partial charge in [0.05, 0.1) is 0 Å². The number of carbonyl (C=O) groups excluding carboxylic acids is 1. The zero-order valence-corrected chi connectivity index (χ0v) is 22.6. The summed E-state index contributed by atoms with van der Waals surface area (Å²) in [7, 11) is 0. The van der Waals surface area contributed by atoms with Crippen LogP contribution in [0.3, 0.4) is 0 Å². The van der Waals surface area contributed by atoms with Crippen molar-refractivity contribution in [2.24, 2.45) is 0 Å². The molecule has 2 aromatic carbocycles. The molecule has 0 heterocycles. The number of benzene rings is 2. The van der Waals surface area contributed by atoms with Gasteiger partial charge in [-0.1, -0.05) is 152 Å². The number of hydrogen-bond acceptors (Lipinski definition) is 1. The Balaban J connectivity index is 1.51. The van der Waals surface area contributed by atoms with Gasteiger partial charge in [-0.3, -0.25) is 4.79 Å². The molecule has 0 saturated carbocycles. The summed E-state index contributed by atoms with van der Waals surface area (Å²) in [5.74, 6) is 0.0613. The van der Waals surface area contributed by atoms with E-state index in [2.05, 4.69) is 56.0 Å². The smallest absolute Gasteiger partial charge is 0.245 e. The fraction of sp³-hybridized carbons (Fsp3) is 0.606. The Labute approximate surface area is 216 Å². The molecule has 0 aliphatic carbocycles. The summed E-state index contributed by atoms with van der Waals surface area (Å²) >= 11 is 0. The molecule has 35 heavy (non-hydrogen) atoms. The Morgan fingerprint density at radius 1 is 0.686 bits per heavy atom. The van der Waals surface area contributed by atoms with Gasteiger partial charge >= 0.3 is 0 Å². The lowest BCUT2D eigenvalue weighted by Gasteiger charge is -2.21. The van der Waals surface area contributed by atoms with Crippen LogP contribution in [0.5, 0.6) is 0 Å². The standard InChI is InChI=1S/C33H51NO/c1-3-5-6-7-8-9-10-11-12-13-14-15-16-17-18-21-28-34(33(35)4-2)29-27-31-25-22-24-30-23-19-20-26-32(30)31/h4,19-20,22-26H,2-3,5-18,21,27-29H2,1H3. The Morgan fingerprint density at radius 3 is 1.77 bits per heavy atom. The van der Waals surface area contributed by atoms with Crippen molar-refractivity contribution in [2.75, 3.05) is 13.1 Å². The maximum atomic E-state index is 12.4. The summed E-state index contributed by atoms with van der Waals surface area (Å²) in [6.45, 7) is 7.61. The highest BCUT2D eigenvalue weighted by molar-refractivity contribution is 5.87. The number of hydrogen-bond donors (Lipinski definition) is 0. The Bertz CT molecular complexity index is 821. The van der Waals surface area contributed by atoms with Crippen LogP contribution in [0, 0.1) is 0 Å². The quantitative estimate of drug-likeness (QED) is 0.129. The number of nitrogens with zero attached hydrogens (tertiary/aromatic N) is 1. The van der Waals surface area contributed by atoms with E-state index >= 15 is 0 Å². The molecule has 0 spiro atoms. The van der Waals surface area contributed by atoms with Gasteiger partial charge in [0.15, 0.2) is 0 Å². The molecule has 0 radical (unpaired) electrons. The van der Waals surface area contributed by atoms with E-state index in [-0.39, 0.29) is 5.91 Å². The normalized spacial score (nSPS) is 11.1. The van der Waals surface area contributed by atoms with Crippen LogP contribution in [0.1, 0.15) is 115 Å². The van der Waals surface area contributed by atoms with Crippen LogP contribution in [0.4, 0.5) is 0 Å². The second-order valence-corrected chi connectivity index (χ2v) is 10.2. The van der Waals surface area contributed by atoms with E-state index in [1.165, 1.54) is 119 Å². The first kappa shape index (κ1) is 29.1. The van der Waals surface area contributed by atoms with Crippen molar-refractivity contribution in [3.63, 3.8) is 0 Å². The molecular formula is C33H51NO. The van der Waals surface area contributed by atoms with Crippen molar-refractivity contribution in [1.29, 1.82) is 0 Å². The third kappa shape index (κ3) is 12.4. The Kier molecular flexibility index (Phi) is 15.9. The molecule has 0 unspecified atom stereocenters. The van der Waals surface area contributed by atoms with Crippen LogP contribution in [0.15, 0.2) is 55.1 Å². The first-order valence-corrected chi connectivity index (χ1v) is 14.6. The highest BCUT2D eigenvalue weighted by atomic mass is 16.2. The zero-order chi connectivity index (χ0) is 25.0. The molecule has 0 aliphatic heterocycles. The van der Waals surface area contributed by atoms with Gasteiger partial charge < -0.3 is 4.90 Å². The predicted octanol–water partition coefficient (Wildman–Crippen LogP) is 9.66. The minimum Gasteiger partial charge on any atom is -0.339 e.